The second-order valence-corrected chi connectivity index (χ2v) is 17.6. The van der Waals surface area contributed by atoms with Crippen molar-refractivity contribution in [2.24, 2.45) is 0 Å². The standard InChI is InChI=1S/C53H44O5S/c1-53(2,3)40-34-36-46(37-35-40)59(44-30-18-8-19-31-44,45-32-20-9-21-33-45)58-52(54)47-38-48(55-41-24-12-5-13-25-41)50(56-42-26-14-6-15-27-42)51(57-43-28-16-7-17-29-43)49(47)39-22-10-4-11-23-39/h4-38H,1-3H3. The minimum absolute atomic E-state index is 0.0782. The number of carbonyl (C=O) groups excluding carboxylic acids is 1. The Morgan fingerprint density at radius 1 is 0.441 bits per heavy atom. The molecular formula is C53H44O5S. The highest BCUT2D eigenvalue weighted by Crippen LogP contribution is 2.69. The zero-order chi connectivity index (χ0) is 40.7. The number of carbonyl (C=O) groups is 1. The molecule has 0 aromatic heterocycles. The molecule has 0 heterocycles. The number of para-hydroxylation sites is 3. The maximum Gasteiger partial charge on any atom is 0.350 e. The van der Waals surface area contributed by atoms with Crippen molar-refractivity contribution in [3.63, 3.8) is 0 Å². The summed E-state index contributed by atoms with van der Waals surface area (Å²) in [5, 5.41) is 0. The van der Waals surface area contributed by atoms with Gasteiger partial charge in [0.1, 0.15) is 17.2 Å². The predicted molar refractivity (Wildman–Crippen MR) is 237 cm³/mol. The third-order valence-corrected chi connectivity index (χ3v) is 13.0. The Morgan fingerprint density at radius 2 is 0.831 bits per heavy atom. The van der Waals surface area contributed by atoms with Crippen molar-refractivity contribution in [1.82, 2.24) is 0 Å². The minimum atomic E-state index is -2.71. The Kier molecular flexibility index (Phi) is 11.3. The minimum Gasteiger partial charge on any atom is -0.453 e. The van der Waals surface area contributed by atoms with Crippen LogP contribution in [-0.4, -0.2) is 5.97 Å². The van der Waals surface area contributed by atoms with E-state index in [9.17, 15) is 0 Å². The smallest absolute Gasteiger partial charge is 0.350 e. The molecule has 0 saturated heterocycles. The summed E-state index contributed by atoms with van der Waals surface area (Å²) < 4.78 is 27.5. The maximum absolute atomic E-state index is 15.7. The number of hydrogen-bond acceptors (Lipinski definition) is 5. The molecule has 0 N–H and O–H groups in total. The summed E-state index contributed by atoms with van der Waals surface area (Å²) in [6, 6.07) is 68.3. The molecule has 0 saturated carbocycles. The van der Waals surface area contributed by atoms with Gasteiger partial charge in [0.2, 0.25) is 5.75 Å². The highest BCUT2D eigenvalue weighted by molar-refractivity contribution is 8.30. The van der Waals surface area contributed by atoms with Crippen molar-refractivity contribution in [2.75, 3.05) is 0 Å². The van der Waals surface area contributed by atoms with E-state index in [-0.39, 0.29) is 16.7 Å². The molecule has 0 amide bonds. The molecule has 8 rings (SSSR count). The molecule has 292 valence electrons. The van der Waals surface area contributed by atoms with Crippen LogP contribution in [0.4, 0.5) is 0 Å². The maximum atomic E-state index is 15.7. The molecule has 6 heteroatoms. The molecule has 0 unspecified atom stereocenters. The van der Waals surface area contributed by atoms with Gasteiger partial charge >= 0.3 is 5.97 Å². The van der Waals surface area contributed by atoms with Gasteiger partial charge < -0.3 is 18.4 Å². The van der Waals surface area contributed by atoms with E-state index >= 15 is 4.79 Å². The Bertz CT molecular complexity index is 2570. The van der Waals surface area contributed by atoms with Crippen molar-refractivity contribution in [1.29, 1.82) is 0 Å². The van der Waals surface area contributed by atoms with E-state index in [2.05, 4.69) is 45.0 Å². The Hall–Kier alpha value is -7.02. The Labute approximate surface area is 348 Å². The molecule has 0 fully saturated rings. The average Bonchev–Trinajstić information content (AvgIpc) is 3.28. The van der Waals surface area contributed by atoms with Crippen molar-refractivity contribution in [2.45, 2.75) is 40.9 Å². The number of benzene rings is 8. The molecule has 59 heavy (non-hydrogen) atoms. The topological polar surface area (TPSA) is 54.0 Å². The monoisotopic (exact) mass is 792 g/mol. The predicted octanol–water partition coefficient (Wildman–Crippen LogP) is 15.1. The second-order valence-electron chi connectivity index (χ2n) is 14.9. The van der Waals surface area contributed by atoms with E-state index < -0.39 is 16.3 Å². The Morgan fingerprint density at radius 3 is 1.29 bits per heavy atom. The molecule has 0 aliphatic heterocycles. The van der Waals surface area contributed by atoms with E-state index in [1.807, 2.05) is 182 Å². The van der Waals surface area contributed by atoms with Crippen LogP contribution in [0.5, 0.6) is 34.5 Å². The number of rotatable bonds is 12. The van der Waals surface area contributed by atoms with Crippen molar-refractivity contribution >= 4 is 16.3 Å². The zero-order valence-corrected chi connectivity index (χ0v) is 34.0. The van der Waals surface area contributed by atoms with Crippen LogP contribution in [0.3, 0.4) is 0 Å². The Balaban J connectivity index is 1.41. The second kappa shape index (κ2) is 17.2. The SMILES string of the molecule is CC(C)(C)c1ccc(S(OC(=O)c2cc(Oc3ccccc3)c(Oc3ccccc3)c(Oc3ccccc3)c2-c2ccccc2)(c2ccccc2)c2ccccc2)cc1. The summed E-state index contributed by atoms with van der Waals surface area (Å²) in [4.78, 5) is 18.3. The molecule has 0 bridgehead atoms. The van der Waals surface area contributed by atoms with Gasteiger partial charge in [-0.25, -0.2) is 4.79 Å². The molecular weight excluding hydrogens is 749 g/mol. The van der Waals surface area contributed by atoms with Gasteiger partial charge in [0.05, 0.1) is 5.56 Å². The van der Waals surface area contributed by atoms with E-state index in [1.165, 1.54) is 5.56 Å². The lowest BCUT2D eigenvalue weighted by atomic mass is 9.87. The van der Waals surface area contributed by atoms with Gasteiger partial charge in [-0.1, -0.05) is 154 Å². The van der Waals surface area contributed by atoms with Crippen molar-refractivity contribution in [3.05, 3.63) is 223 Å². The van der Waals surface area contributed by atoms with Crippen molar-refractivity contribution in [3.8, 4) is 45.6 Å². The van der Waals surface area contributed by atoms with Crippen molar-refractivity contribution < 1.29 is 23.2 Å². The molecule has 8 aromatic carbocycles. The molecule has 0 aliphatic carbocycles. The summed E-state index contributed by atoms with van der Waals surface area (Å²) in [6.45, 7) is 6.57. The summed E-state index contributed by atoms with van der Waals surface area (Å²) in [7, 11) is -2.71. The fourth-order valence-electron chi connectivity index (χ4n) is 6.85. The number of ether oxygens (including phenoxy) is 3. The van der Waals surface area contributed by atoms with Crippen LogP contribution in [-0.2, 0) is 9.60 Å². The van der Waals surface area contributed by atoms with Crippen LogP contribution in [0, 0.1) is 0 Å². The van der Waals surface area contributed by atoms with Crippen LogP contribution in [0.1, 0.15) is 36.7 Å². The summed E-state index contributed by atoms with van der Waals surface area (Å²) in [5.41, 5.74) is 2.55. The van der Waals surface area contributed by atoms with Crippen LogP contribution < -0.4 is 14.2 Å². The lowest BCUT2D eigenvalue weighted by Gasteiger charge is -2.40. The van der Waals surface area contributed by atoms with Crippen LogP contribution in [0.15, 0.2) is 227 Å². The first kappa shape index (κ1) is 38.8. The fraction of sp³-hybridized carbons (Fsp3) is 0.0755. The lowest BCUT2D eigenvalue weighted by Crippen LogP contribution is -2.16. The van der Waals surface area contributed by atoms with E-state index in [0.29, 0.717) is 34.3 Å². The first-order valence-electron chi connectivity index (χ1n) is 19.5. The first-order valence-corrected chi connectivity index (χ1v) is 21.1. The number of hydrogen-bond donors (Lipinski definition) is 0. The van der Waals surface area contributed by atoms with Gasteiger partial charge in [-0.05, 0) is 99.6 Å². The van der Waals surface area contributed by atoms with Crippen LogP contribution in [0.2, 0.25) is 0 Å². The molecule has 5 nitrogen and oxygen atoms in total. The van der Waals surface area contributed by atoms with Gasteiger partial charge in [0, 0.05) is 26.3 Å². The largest absolute Gasteiger partial charge is 0.453 e. The van der Waals surface area contributed by atoms with E-state index in [4.69, 9.17) is 18.4 Å². The highest BCUT2D eigenvalue weighted by Gasteiger charge is 2.38. The molecule has 0 spiro atoms. The fourth-order valence-corrected chi connectivity index (χ4v) is 9.87. The van der Waals surface area contributed by atoms with Gasteiger partial charge in [0.15, 0.2) is 11.5 Å². The van der Waals surface area contributed by atoms with E-state index in [1.54, 1.807) is 6.07 Å². The van der Waals surface area contributed by atoms with Gasteiger partial charge in [-0.2, -0.15) is 0 Å². The van der Waals surface area contributed by atoms with Crippen LogP contribution in [0.25, 0.3) is 11.1 Å². The highest BCUT2D eigenvalue weighted by atomic mass is 32.3. The summed E-state index contributed by atoms with van der Waals surface area (Å²) in [5.74, 6) is 1.96. The summed E-state index contributed by atoms with van der Waals surface area (Å²) in [6.07, 6.45) is 0. The first-order chi connectivity index (χ1) is 28.8. The average molecular weight is 793 g/mol. The molecule has 0 atom stereocenters. The van der Waals surface area contributed by atoms with E-state index in [0.717, 1.165) is 20.2 Å². The summed E-state index contributed by atoms with van der Waals surface area (Å²) >= 11 is 0. The normalized spacial score (nSPS) is 11.6. The quantitative estimate of drug-likeness (QED) is 0.123. The molecule has 0 radical (unpaired) electrons. The zero-order valence-electron chi connectivity index (χ0n) is 33.2. The van der Waals surface area contributed by atoms with Gasteiger partial charge in [-0.3, -0.25) is 0 Å². The third-order valence-electron chi connectivity index (χ3n) is 9.78. The molecule has 0 aliphatic rings. The lowest BCUT2D eigenvalue weighted by molar-refractivity contribution is 0.0757. The van der Waals surface area contributed by atoms with Gasteiger partial charge in [-0.15, -0.1) is 0 Å². The van der Waals surface area contributed by atoms with Crippen LogP contribution >= 0.6 is 10.3 Å². The third kappa shape index (κ3) is 8.50. The van der Waals surface area contributed by atoms with Gasteiger partial charge in [0.25, 0.3) is 0 Å². The molecule has 8 aromatic rings.